The van der Waals surface area contributed by atoms with Crippen molar-refractivity contribution in [3.63, 3.8) is 0 Å². The fourth-order valence-electron chi connectivity index (χ4n) is 2.46. The first-order valence-corrected chi connectivity index (χ1v) is 6.95. The second kappa shape index (κ2) is 5.96. The van der Waals surface area contributed by atoms with Crippen LogP contribution in [0.2, 0.25) is 0 Å². The van der Waals surface area contributed by atoms with Gasteiger partial charge >= 0.3 is 0 Å². The van der Waals surface area contributed by atoms with Gasteiger partial charge in [-0.1, -0.05) is 0 Å². The van der Waals surface area contributed by atoms with Crippen LogP contribution in [-0.4, -0.2) is 28.0 Å². The Morgan fingerprint density at radius 2 is 2.10 bits per heavy atom. The van der Waals surface area contributed by atoms with E-state index in [9.17, 15) is 0 Å². The van der Waals surface area contributed by atoms with E-state index < -0.39 is 0 Å². The van der Waals surface area contributed by atoms with Gasteiger partial charge in [0.05, 0.1) is 5.69 Å². The van der Waals surface area contributed by atoms with Gasteiger partial charge in [0.15, 0.2) is 5.75 Å². The molecule has 1 atom stereocenters. The van der Waals surface area contributed by atoms with Crippen molar-refractivity contribution in [2.75, 3.05) is 13.1 Å². The summed E-state index contributed by atoms with van der Waals surface area (Å²) in [5.41, 5.74) is 1.79. The summed E-state index contributed by atoms with van der Waals surface area (Å²) in [6, 6.07) is 3.76. The maximum atomic E-state index is 5.93. The molecule has 5 nitrogen and oxygen atoms in total. The number of piperidine rings is 1. The number of nitrogens with zero attached hydrogens (tertiary/aromatic N) is 3. The molecule has 2 aromatic rings. The first-order valence-electron chi connectivity index (χ1n) is 6.95. The highest BCUT2D eigenvalue weighted by Gasteiger charge is 2.21. The zero-order chi connectivity index (χ0) is 13.8. The van der Waals surface area contributed by atoms with Crippen molar-refractivity contribution in [3.8, 4) is 11.6 Å². The average molecular weight is 270 g/mol. The van der Waals surface area contributed by atoms with Crippen LogP contribution in [0, 0.1) is 6.92 Å². The SMILES string of the molecule is Cc1ncccc1Oc1nccnc1[C@H]1CCCNC1. The van der Waals surface area contributed by atoms with Crippen LogP contribution in [0.25, 0.3) is 0 Å². The van der Waals surface area contributed by atoms with E-state index in [1.165, 1.54) is 0 Å². The van der Waals surface area contributed by atoms with E-state index in [4.69, 9.17) is 4.74 Å². The number of pyridine rings is 1. The molecule has 0 saturated carbocycles. The van der Waals surface area contributed by atoms with Crippen LogP contribution in [0.4, 0.5) is 0 Å². The first-order chi connectivity index (χ1) is 9.84. The lowest BCUT2D eigenvalue weighted by atomic mass is 9.96. The van der Waals surface area contributed by atoms with Gasteiger partial charge in [0.2, 0.25) is 5.88 Å². The summed E-state index contributed by atoms with van der Waals surface area (Å²) in [5.74, 6) is 1.69. The monoisotopic (exact) mass is 270 g/mol. The molecule has 3 heterocycles. The second-order valence-corrected chi connectivity index (χ2v) is 4.98. The highest BCUT2D eigenvalue weighted by atomic mass is 16.5. The van der Waals surface area contributed by atoms with Crippen molar-refractivity contribution in [1.82, 2.24) is 20.3 Å². The Morgan fingerprint density at radius 3 is 2.90 bits per heavy atom. The van der Waals surface area contributed by atoms with E-state index in [0.717, 1.165) is 43.1 Å². The predicted octanol–water partition coefficient (Wildman–Crippen LogP) is 2.44. The molecule has 0 aliphatic carbocycles. The van der Waals surface area contributed by atoms with E-state index in [1.54, 1.807) is 18.6 Å². The Kier molecular flexibility index (Phi) is 3.87. The number of aromatic nitrogens is 3. The van der Waals surface area contributed by atoms with Gasteiger partial charge in [0.25, 0.3) is 0 Å². The summed E-state index contributed by atoms with van der Waals surface area (Å²) < 4.78 is 5.93. The van der Waals surface area contributed by atoms with Crippen molar-refractivity contribution in [1.29, 1.82) is 0 Å². The number of aryl methyl sites for hydroxylation is 1. The van der Waals surface area contributed by atoms with E-state index in [-0.39, 0.29) is 0 Å². The third-order valence-corrected chi connectivity index (χ3v) is 3.54. The lowest BCUT2D eigenvalue weighted by Gasteiger charge is -2.23. The van der Waals surface area contributed by atoms with Crippen LogP contribution in [-0.2, 0) is 0 Å². The molecule has 1 saturated heterocycles. The maximum Gasteiger partial charge on any atom is 0.241 e. The fraction of sp³-hybridized carbons (Fsp3) is 0.400. The number of rotatable bonds is 3. The van der Waals surface area contributed by atoms with E-state index in [1.807, 2.05) is 19.1 Å². The number of hydrogen-bond acceptors (Lipinski definition) is 5. The molecule has 0 spiro atoms. The molecule has 1 aliphatic rings. The summed E-state index contributed by atoms with van der Waals surface area (Å²) in [7, 11) is 0. The quantitative estimate of drug-likeness (QED) is 0.928. The minimum absolute atomic E-state index is 0.365. The Labute approximate surface area is 118 Å². The molecule has 1 fully saturated rings. The molecule has 20 heavy (non-hydrogen) atoms. The van der Waals surface area contributed by atoms with E-state index >= 15 is 0 Å². The Morgan fingerprint density at radius 1 is 1.20 bits per heavy atom. The van der Waals surface area contributed by atoms with Crippen molar-refractivity contribution in [2.24, 2.45) is 0 Å². The summed E-state index contributed by atoms with van der Waals surface area (Å²) >= 11 is 0. The van der Waals surface area contributed by atoms with E-state index in [0.29, 0.717) is 11.8 Å². The van der Waals surface area contributed by atoms with Gasteiger partial charge in [-0.3, -0.25) is 9.97 Å². The lowest BCUT2D eigenvalue weighted by Crippen LogP contribution is -2.29. The zero-order valence-electron chi connectivity index (χ0n) is 11.5. The topological polar surface area (TPSA) is 59.9 Å². The highest BCUT2D eigenvalue weighted by molar-refractivity contribution is 5.33. The molecule has 0 unspecified atom stereocenters. The lowest BCUT2D eigenvalue weighted by molar-refractivity contribution is 0.409. The highest BCUT2D eigenvalue weighted by Crippen LogP contribution is 2.31. The van der Waals surface area contributed by atoms with Gasteiger partial charge < -0.3 is 10.1 Å². The van der Waals surface area contributed by atoms with Gasteiger partial charge in [0, 0.05) is 31.1 Å². The van der Waals surface area contributed by atoms with Gasteiger partial charge in [-0.15, -0.1) is 0 Å². The fourth-order valence-corrected chi connectivity index (χ4v) is 2.46. The molecule has 2 aromatic heterocycles. The molecule has 0 radical (unpaired) electrons. The van der Waals surface area contributed by atoms with Gasteiger partial charge in [-0.2, -0.15) is 0 Å². The number of nitrogens with one attached hydrogen (secondary N) is 1. The third-order valence-electron chi connectivity index (χ3n) is 3.54. The molecule has 5 heteroatoms. The Hall–Kier alpha value is -2.01. The third kappa shape index (κ3) is 2.77. The van der Waals surface area contributed by atoms with Crippen molar-refractivity contribution >= 4 is 0 Å². The van der Waals surface area contributed by atoms with Crippen LogP contribution in [0.5, 0.6) is 11.6 Å². The minimum Gasteiger partial charge on any atom is -0.435 e. The van der Waals surface area contributed by atoms with Crippen molar-refractivity contribution in [3.05, 3.63) is 42.1 Å². The first kappa shape index (κ1) is 13.0. The van der Waals surface area contributed by atoms with Crippen LogP contribution in [0.15, 0.2) is 30.7 Å². The minimum atomic E-state index is 0.365. The molecular weight excluding hydrogens is 252 g/mol. The Balaban J connectivity index is 1.88. The second-order valence-electron chi connectivity index (χ2n) is 4.98. The molecule has 0 amide bonds. The van der Waals surface area contributed by atoms with E-state index in [2.05, 4.69) is 20.3 Å². The smallest absolute Gasteiger partial charge is 0.241 e. The van der Waals surface area contributed by atoms with Crippen molar-refractivity contribution < 1.29 is 4.74 Å². The largest absolute Gasteiger partial charge is 0.435 e. The summed E-state index contributed by atoms with van der Waals surface area (Å²) in [6.45, 7) is 3.93. The molecule has 0 aromatic carbocycles. The molecule has 104 valence electrons. The van der Waals surface area contributed by atoms with Crippen LogP contribution in [0.3, 0.4) is 0 Å². The zero-order valence-corrected chi connectivity index (χ0v) is 11.5. The van der Waals surface area contributed by atoms with Crippen molar-refractivity contribution in [2.45, 2.75) is 25.7 Å². The van der Waals surface area contributed by atoms with Crippen LogP contribution < -0.4 is 10.1 Å². The van der Waals surface area contributed by atoms with Crippen LogP contribution in [0.1, 0.15) is 30.1 Å². The molecule has 3 rings (SSSR count). The van der Waals surface area contributed by atoms with Gasteiger partial charge in [-0.05, 0) is 38.4 Å². The maximum absolute atomic E-state index is 5.93. The average Bonchev–Trinajstić information content (AvgIpc) is 2.51. The summed E-state index contributed by atoms with van der Waals surface area (Å²) in [6.07, 6.45) is 7.43. The predicted molar refractivity (Wildman–Crippen MR) is 75.9 cm³/mol. The van der Waals surface area contributed by atoms with Crippen LogP contribution >= 0.6 is 0 Å². The van der Waals surface area contributed by atoms with Gasteiger partial charge in [-0.25, -0.2) is 4.98 Å². The standard InChI is InChI=1S/C15H18N4O/c1-11-13(5-3-7-17-11)20-15-14(18-8-9-19-15)12-4-2-6-16-10-12/h3,5,7-9,12,16H,2,4,6,10H2,1H3/t12-/m0/s1. The normalized spacial score (nSPS) is 18.8. The summed E-state index contributed by atoms with van der Waals surface area (Å²) in [5, 5.41) is 3.40. The summed E-state index contributed by atoms with van der Waals surface area (Å²) in [4.78, 5) is 13.1. The number of hydrogen-bond donors (Lipinski definition) is 1. The molecule has 1 N–H and O–H groups in total. The molecule has 1 aliphatic heterocycles. The number of ether oxygens (including phenoxy) is 1. The molecule has 0 bridgehead atoms. The van der Waals surface area contributed by atoms with Gasteiger partial charge in [0.1, 0.15) is 5.69 Å². The Bertz CT molecular complexity index is 582. The molecular formula is C15H18N4O.